The van der Waals surface area contributed by atoms with Gasteiger partial charge in [-0.05, 0) is 24.6 Å². The van der Waals surface area contributed by atoms with Crippen LogP contribution in [-0.2, 0) is 6.42 Å². The van der Waals surface area contributed by atoms with E-state index in [1.165, 1.54) is 0 Å². The average molecular weight is 261 g/mol. The Balaban J connectivity index is 3.38. The lowest BCUT2D eigenvalue weighted by Gasteiger charge is -2.12. The summed E-state index contributed by atoms with van der Waals surface area (Å²) in [7, 11) is 0. The highest BCUT2D eigenvalue weighted by Gasteiger charge is 2.30. The molecule has 0 atom stereocenters. The van der Waals surface area contributed by atoms with E-state index < -0.39 is 24.3 Å². The molecule has 3 N–H and O–H groups in total. The molecule has 0 bridgehead atoms. The van der Waals surface area contributed by atoms with Crippen LogP contribution in [0.3, 0.4) is 0 Å². The first-order valence-electron chi connectivity index (χ1n) is 4.85. The summed E-state index contributed by atoms with van der Waals surface area (Å²) in [6.07, 6.45) is -5.83. The van der Waals surface area contributed by atoms with Crippen LogP contribution in [0, 0.1) is 0 Å². The molecule has 0 aliphatic heterocycles. The maximum Gasteiger partial charge on any atom is 0.393 e. The van der Waals surface area contributed by atoms with Crippen molar-refractivity contribution in [3.05, 3.63) is 28.8 Å². The second kappa shape index (κ2) is 4.67. The highest BCUT2D eigenvalue weighted by molar-refractivity contribution is 6.01. The van der Waals surface area contributed by atoms with Crippen molar-refractivity contribution in [2.75, 3.05) is 5.73 Å². The number of Topliss-reactive ketones (excluding diaryl/α,β-unsaturated/α-hetero) is 1. The van der Waals surface area contributed by atoms with Gasteiger partial charge in [0.25, 0.3) is 0 Å². The Kier molecular flexibility index (Phi) is 3.64. The van der Waals surface area contributed by atoms with E-state index in [2.05, 4.69) is 0 Å². The molecule has 1 rings (SSSR count). The number of benzene rings is 1. The van der Waals surface area contributed by atoms with Crippen LogP contribution < -0.4 is 5.73 Å². The molecule has 0 aliphatic rings. The number of hydrogen-bond donors (Lipinski definition) is 2. The molecule has 0 radical (unpaired) electrons. The summed E-state index contributed by atoms with van der Waals surface area (Å²) in [6.45, 7) is 1.07. The smallest absolute Gasteiger partial charge is 0.393 e. The van der Waals surface area contributed by atoms with Crippen LogP contribution in [0.1, 0.15) is 33.2 Å². The third kappa shape index (κ3) is 3.22. The molecule has 1 aromatic rings. The minimum Gasteiger partial charge on any atom is -0.478 e. The van der Waals surface area contributed by atoms with Gasteiger partial charge in [0.1, 0.15) is 0 Å². The minimum atomic E-state index is -4.50. The predicted molar refractivity (Wildman–Crippen MR) is 57.6 cm³/mol. The summed E-state index contributed by atoms with van der Waals surface area (Å²) >= 11 is 0. The van der Waals surface area contributed by atoms with Crippen molar-refractivity contribution in [1.82, 2.24) is 0 Å². The lowest BCUT2D eigenvalue weighted by Crippen LogP contribution is -2.16. The fraction of sp³-hybridized carbons (Fsp3) is 0.273. The van der Waals surface area contributed by atoms with Gasteiger partial charge in [-0.15, -0.1) is 0 Å². The van der Waals surface area contributed by atoms with Crippen molar-refractivity contribution in [2.45, 2.75) is 19.5 Å². The maximum atomic E-state index is 12.3. The first-order valence-corrected chi connectivity index (χ1v) is 4.85. The highest BCUT2D eigenvalue weighted by atomic mass is 19.4. The topological polar surface area (TPSA) is 80.4 Å². The molecule has 0 saturated carbocycles. The number of carbonyl (C=O) groups is 2. The third-order valence-electron chi connectivity index (χ3n) is 2.28. The highest BCUT2D eigenvalue weighted by Crippen LogP contribution is 2.27. The number of carboxylic acids is 1. The molecule has 0 aromatic heterocycles. The number of nitrogen functional groups attached to an aromatic ring is 1. The minimum absolute atomic E-state index is 0.279. The van der Waals surface area contributed by atoms with Crippen molar-refractivity contribution >= 4 is 17.4 Å². The fourth-order valence-electron chi connectivity index (χ4n) is 1.54. The summed E-state index contributed by atoms with van der Waals surface area (Å²) < 4.78 is 36.9. The zero-order chi connectivity index (χ0) is 14.1. The molecule has 0 saturated heterocycles. The zero-order valence-electron chi connectivity index (χ0n) is 9.34. The van der Waals surface area contributed by atoms with Crippen molar-refractivity contribution in [2.24, 2.45) is 0 Å². The molecule has 0 aliphatic carbocycles. The molecule has 18 heavy (non-hydrogen) atoms. The molecule has 0 unspecified atom stereocenters. The van der Waals surface area contributed by atoms with Crippen LogP contribution in [0.15, 0.2) is 12.1 Å². The number of alkyl halides is 3. The standard InChI is InChI=1S/C11H10F3NO3/c1-5(16)7-3-8(10(17)18)9(15)2-6(7)4-11(12,13)14/h2-3H,4,15H2,1H3,(H,17,18). The van der Waals surface area contributed by atoms with Crippen molar-refractivity contribution in [3.8, 4) is 0 Å². The molecule has 0 fully saturated rings. The van der Waals surface area contributed by atoms with Gasteiger partial charge in [-0.25, -0.2) is 4.79 Å². The Labute approximate surface area is 100 Å². The second-order valence-electron chi connectivity index (χ2n) is 3.75. The van der Waals surface area contributed by atoms with E-state index in [4.69, 9.17) is 10.8 Å². The predicted octanol–water partition coefficient (Wildman–Crippen LogP) is 2.27. The summed E-state index contributed by atoms with van der Waals surface area (Å²) in [5, 5.41) is 8.78. The first-order chi connectivity index (χ1) is 8.11. The number of ketones is 1. The van der Waals surface area contributed by atoms with E-state index in [1.54, 1.807) is 0 Å². The monoisotopic (exact) mass is 261 g/mol. The SMILES string of the molecule is CC(=O)c1cc(C(=O)O)c(N)cc1CC(F)(F)F. The van der Waals surface area contributed by atoms with Gasteiger partial charge in [0, 0.05) is 11.3 Å². The largest absolute Gasteiger partial charge is 0.478 e. The van der Waals surface area contributed by atoms with E-state index >= 15 is 0 Å². The number of nitrogens with two attached hydrogens (primary N) is 1. The number of carboxylic acid groups (broad SMARTS) is 1. The van der Waals surface area contributed by atoms with E-state index in [-0.39, 0.29) is 22.4 Å². The van der Waals surface area contributed by atoms with Crippen LogP contribution in [-0.4, -0.2) is 23.0 Å². The number of carbonyl (C=O) groups excluding carboxylic acids is 1. The molecule has 0 heterocycles. The van der Waals surface area contributed by atoms with Crippen LogP contribution in [0.5, 0.6) is 0 Å². The Morgan fingerprint density at radius 2 is 1.83 bits per heavy atom. The Hall–Kier alpha value is -2.05. The van der Waals surface area contributed by atoms with Gasteiger partial charge in [0.05, 0.1) is 12.0 Å². The number of anilines is 1. The molecule has 0 spiro atoms. The normalized spacial score (nSPS) is 11.3. The van der Waals surface area contributed by atoms with Gasteiger partial charge in [-0.2, -0.15) is 13.2 Å². The summed E-state index contributed by atoms with van der Waals surface area (Å²) in [6, 6.07) is 1.76. The second-order valence-corrected chi connectivity index (χ2v) is 3.75. The molecule has 1 aromatic carbocycles. The molecule has 0 amide bonds. The number of rotatable bonds is 3. The fourth-order valence-corrected chi connectivity index (χ4v) is 1.54. The van der Waals surface area contributed by atoms with Crippen molar-refractivity contribution in [3.63, 3.8) is 0 Å². The lowest BCUT2D eigenvalue weighted by atomic mass is 9.97. The van der Waals surface area contributed by atoms with Gasteiger partial charge in [-0.3, -0.25) is 4.79 Å². The Morgan fingerprint density at radius 3 is 2.22 bits per heavy atom. The van der Waals surface area contributed by atoms with Crippen molar-refractivity contribution < 1.29 is 27.9 Å². The van der Waals surface area contributed by atoms with E-state index in [0.717, 1.165) is 19.1 Å². The maximum absolute atomic E-state index is 12.3. The number of aromatic carboxylic acids is 1. The van der Waals surface area contributed by atoms with Gasteiger partial charge in [0.2, 0.25) is 0 Å². The van der Waals surface area contributed by atoms with Crippen LogP contribution in [0.25, 0.3) is 0 Å². The van der Waals surface area contributed by atoms with Crippen LogP contribution in [0.2, 0.25) is 0 Å². The summed E-state index contributed by atoms with van der Waals surface area (Å²) in [5.41, 5.74) is 4.07. The molecular formula is C11H10F3NO3. The lowest BCUT2D eigenvalue weighted by molar-refractivity contribution is -0.127. The van der Waals surface area contributed by atoms with Gasteiger partial charge < -0.3 is 10.8 Å². The molecular weight excluding hydrogens is 251 g/mol. The number of halogens is 3. The number of hydrogen-bond acceptors (Lipinski definition) is 3. The summed E-state index contributed by atoms with van der Waals surface area (Å²) in [5.74, 6) is -2.04. The zero-order valence-corrected chi connectivity index (χ0v) is 9.34. The van der Waals surface area contributed by atoms with E-state index in [0.29, 0.717) is 0 Å². The van der Waals surface area contributed by atoms with Gasteiger partial charge >= 0.3 is 12.1 Å². The van der Waals surface area contributed by atoms with Crippen LogP contribution >= 0.6 is 0 Å². The van der Waals surface area contributed by atoms with Crippen molar-refractivity contribution in [1.29, 1.82) is 0 Å². The third-order valence-corrected chi connectivity index (χ3v) is 2.28. The Morgan fingerprint density at radius 1 is 1.28 bits per heavy atom. The van der Waals surface area contributed by atoms with Gasteiger partial charge in [-0.1, -0.05) is 0 Å². The first kappa shape index (κ1) is 14.0. The molecule has 98 valence electrons. The molecule has 7 heteroatoms. The summed E-state index contributed by atoms with van der Waals surface area (Å²) in [4.78, 5) is 22.0. The van der Waals surface area contributed by atoms with Gasteiger partial charge in [0.15, 0.2) is 5.78 Å². The van der Waals surface area contributed by atoms with Crippen LogP contribution in [0.4, 0.5) is 18.9 Å². The quantitative estimate of drug-likeness (QED) is 0.646. The average Bonchev–Trinajstić information content (AvgIpc) is 2.13. The Bertz CT molecular complexity index is 509. The van der Waals surface area contributed by atoms with E-state index in [1.807, 2.05) is 0 Å². The molecule has 4 nitrogen and oxygen atoms in total. The van der Waals surface area contributed by atoms with E-state index in [9.17, 15) is 22.8 Å².